The van der Waals surface area contributed by atoms with E-state index in [0.717, 1.165) is 0 Å². The van der Waals surface area contributed by atoms with Gasteiger partial charge in [0.05, 0.1) is 21.7 Å². The minimum absolute atomic E-state index is 0.00926. The van der Waals surface area contributed by atoms with Gasteiger partial charge in [-0.1, -0.05) is 11.6 Å². The van der Waals surface area contributed by atoms with Crippen LogP contribution in [0.1, 0.15) is 0 Å². The summed E-state index contributed by atoms with van der Waals surface area (Å²) in [6, 6.07) is 0. The van der Waals surface area contributed by atoms with Crippen LogP contribution in [0.3, 0.4) is 0 Å². The van der Waals surface area contributed by atoms with E-state index in [2.05, 4.69) is 4.98 Å². The van der Waals surface area contributed by atoms with E-state index in [9.17, 15) is 14.9 Å². The number of hydrogen-bond donors (Lipinski definition) is 1. The topological polar surface area (TPSA) is 80.9 Å². The van der Waals surface area contributed by atoms with Gasteiger partial charge in [-0.15, -0.1) is 0 Å². The van der Waals surface area contributed by atoms with Gasteiger partial charge < -0.3 is 9.55 Å². The maximum Gasteiger partial charge on any atom is 0.300 e. The van der Waals surface area contributed by atoms with Gasteiger partial charge in [0.15, 0.2) is 0 Å². The van der Waals surface area contributed by atoms with Gasteiger partial charge in [-0.2, -0.15) is 0 Å². The number of pyridine rings is 1. The third-order valence-electron chi connectivity index (χ3n) is 2.14. The summed E-state index contributed by atoms with van der Waals surface area (Å²) in [4.78, 5) is 23.9. The fourth-order valence-corrected chi connectivity index (χ4v) is 1.81. The molecule has 0 saturated heterocycles. The minimum atomic E-state index is -0.603. The molecule has 0 bridgehead atoms. The zero-order chi connectivity index (χ0) is 11.2. The van der Waals surface area contributed by atoms with Crippen molar-refractivity contribution >= 4 is 28.2 Å². The fraction of sp³-hybridized carbons (Fsp3) is 0.125. The molecule has 15 heavy (non-hydrogen) atoms. The second-order valence-corrected chi connectivity index (χ2v) is 3.48. The second-order valence-electron chi connectivity index (χ2n) is 3.07. The van der Waals surface area contributed by atoms with Crippen molar-refractivity contribution < 1.29 is 4.92 Å². The molecule has 7 heteroatoms. The lowest BCUT2D eigenvalue weighted by atomic mass is 10.3. The highest BCUT2D eigenvalue weighted by Gasteiger charge is 2.21. The number of nitrogens with one attached hydrogen (secondary N) is 1. The van der Waals surface area contributed by atoms with Crippen molar-refractivity contribution in [3.8, 4) is 0 Å². The van der Waals surface area contributed by atoms with E-state index in [1.807, 2.05) is 0 Å². The first-order valence-corrected chi connectivity index (χ1v) is 4.40. The molecule has 0 aliphatic heterocycles. The highest BCUT2D eigenvalue weighted by molar-refractivity contribution is 6.35. The Morgan fingerprint density at radius 3 is 2.87 bits per heavy atom. The number of hydrogen-bond acceptors (Lipinski definition) is 3. The van der Waals surface area contributed by atoms with Crippen LogP contribution in [0, 0.1) is 10.1 Å². The largest absolute Gasteiger partial charge is 0.343 e. The van der Waals surface area contributed by atoms with E-state index in [0.29, 0.717) is 5.52 Å². The van der Waals surface area contributed by atoms with Crippen molar-refractivity contribution in [3.63, 3.8) is 0 Å². The van der Waals surface area contributed by atoms with Crippen LogP contribution in [0.15, 0.2) is 17.2 Å². The average Bonchev–Trinajstić information content (AvgIpc) is 2.51. The monoisotopic (exact) mass is 227 g/mol. The number of fused-ring (bicyclic) bond motifs is 1. The Morgan fingerprint density at radius 1 is 1.60 bits per heavy atom. The molecule has 0 aromatic carbocycles. The van der Waals surface area contributed by atoms with E-state index < -0.39 is 10.5 Å². The standard InChI is InChI=1S/C8H6ClN3O3/c1-11-3-5(12(14)15)6-7(11)4(9)2-10-8(6)13/h2-3H,1H3,(H,10,13). The predicted octanol–water partition coefficient (Wildman–Crippen LogP) is 1.43. The fourth-order valence-electron chi connectivity index (χ4n) is 1.53. The van der Waals surface area contributed by atoms with Crippen LogP contribution in [0.25, 0.3) is 10.9 Å². The van der Waals surface area contributed by atoms with Gasteiger partial charge >= 0.3 is 0 Å². The molecule has 2 aromatic heterocycles. The molecule has 2 rings (SSSR count). The van der Waals surface area contributed by atoms with Gasteiger partial charge in [0.25, 0.3) is 11.2 Å². The molecular formula is C8H6ClN3O3. The van der Waals surface area contributed by atoms with Crippen molar-refractivity contribution in [3.05, 3.63) is 37.9 Å². The summed E-state index contributed by atoms with van der Waals surface area (Å²) in [5.74, 6) is 0. The van der Waals surface area contributed by atoms with Gasteiger partial charge in [0.2, 0.25) is 0 Å². The number of nitrogens with zero attached hydrogens (tertiary/aromatic N) is 2. The predicted molar refractivity (Wildman–Crippen MR) is 55.2 cm³/mol. The summed E-state index contributed by atoms with van der Waals surface area (Å²) in [5, 5.41) is 11.0. The number of H-pyrrole nitrogens is 1. The highest BCUT2D eigenvalue weighted by atomic mass is 35.5. The molecule has 1 N–H and O–H groups in total. The van der Waals surface area contributed by atoms with E-state index in [1.165, 1.54) is 17.0 Å². The first-order valence-electron chi connectivity index (χ1n) is 4.03. The van der Waals surface area contributed by atoms with Crippen molar-refractivity contribution in [2.45, 2.75) is 0 Å². The Labute approximate surface area is 88.2 Å². The first kappa shape index (κ1) is 9.72. The Balaban J connectivity index is 3.06. The van der Waals surface area contributed by atoms with Crippen molar-refractivity contribution in [1.82, 2.24) is 9.55 Å². The SMILES string of the molecule is Cn1cc([N+](=O)[O-])c2c(=O)[nH]cc(Cl)c21. The van der Waals surface area contributed by atoms with Gasteiger partial charge in [0.1, 0.15) is 5.39 Å². The summed E-state index contributed by atoms with van der Waals surface area (Å²) in [5.41, 5.74) is -0.384. The zero-order valence-corrected chi connectivity index (χ0v) is 8.41. The number of rotatable bonds is 1. The smallest absolute Gasteiger partial charge is 0.300 e. The van der Waals surface area contributed by atoms with E-state index in [1.54, 1.807) is 7.05 Å². The average molecular weight is 228 g/mol. The number of aromatic amines is 1. The Bertz CT molecular complexity index is 613. The third kappa shape index (κ3) is 1.30. The van der Waals surface area contributed by atoms with Gasteiger partial charge in [0, 0.05) is 13.2 Å². The van der Waals surface area contributed by atoms with Gasteiger partial charge in [-0.25, -0.2) is 0 Å². The van der Waals surface area contributed by atoms with Crippen LogP contribution in [-0.4, -0.2) is 14.5 Å². The van der Waals surface area contributed by atoms with Crippen LogP contribution in [0.2, 0.25) is 5.02 Å². The lowest BCUT2D eigenvalue weighted by Crippen LogP contribution is -2.06. The molecule has 0 unspecified atom stereocenters. The first-order chi connectivity index (χ1) is 7.02. The molecule has 0 aliphatic carbocycles. The maximum absolute atomic E-state index is 11.4. The molecular weight excluding hydrogens is 222 g/mol. The van der Waals surface area contributed by atoms with Crippen LogP contribution in [0.5, 0.6) is 0 Å². The molecule has 2 aromatic rings. The molecule has 0 aliphatic rings. The van der Waals surface area contributed by atoms with Gasteiger partial charge in [-0.3, -0.25) is 14.9 Å². The Kier molecular flexibility index (Phi) is 2.01. The lowest BCUT2D eigenvalue weighted by molar-refractivity contribution is -0.383. The number of aromatic nitrogens is 2. The lowest BCUT2D eigenvalue weighted by Gasteiger charge is -1.95. The van der Waals surface area contributed by atoms with E-state index in [-0.39, 0.29) is 16.1 Å². The maximum atomic E-state index is 11.4. The minimum Gasteiger partial charge on any atom is -0.343 e. The summed E-state index contributed by atoms with van der Waals surface area (Å²) >= 11 is 5.84. The summed E-state index contributed by atoms with van der Waals surface area (Å²) in [6.07, 6.45) is 2.59. The molecule has 0 fully saturated rings. The van der Waals surface area contributed by atoms with Crippen molar-refractivity contribution in [2.24, 2.45) is 7.05 Å². The molecule has 0 spiro atoms. The summed E-state index contributed by atoms with van der Waals surface area (Å²) in [6.45, 7) is 0. The van der Waals surface area contributed by atoms with Crippen LogP contribution < -0.4 is 5.56 Å². The zero-order valence-electron chi connectivity index (χ0n) is 7.65. The summed E-state index contributed by atoms with van der Waals surface area (Å²) in [7, 11) is 1.60. The number of halogens is 1. The quantitative estimate of drug-likeness (QED) is 0.591. The van der Waals surface area contributed by atoms with Crippen LogP contribution in [0.4, 0.5) is 5.69 Å². The molecule has 6 nitrogen and oxygen atoms in total. The second kappa shape index (κ2) is 3.09. The Hall–Kier alpha value is -1.82. The van der Waals surface area contributed by atoms with Crippen LogP contribution >= 0.6 is 11.6 Å². The molecule has 0 radical (unpaired) electrons. The third-order valence-corrected chi connectivity index (χ3v) is 2.43. The van der Waals surface area contributed by atoms with Crippen molar-refractivity contribution in [2.75, 3.05) is 0 Å². The van der Waals surface area contributed by atoms with Crippen molar-refractivity contribution in [1.29, 1.82) is 0 Å². The Morgan fingerprint density at radius 2 is 2.27 bits per heavy atom. The molecule has 2 heterocycles. The highest BCUT2D eigenvalue weighted by Crippen LogP contribution is 2.28. The number of aryl methyl sites for hydroxylation is 1. The van der Waals surface area contributed by atoms with Gasteiger partial charge in [-0.05, 0) is 0 Å². The molecule has 0 atom stereocenters. The summed E-state index contributed by atoms with van der Waals surface area (Å²) < 4.78 is 1.46. The molecule has 78 valence electrons. The normalized spacial score (nSPS) is 10.8. The van der Waals surface area contributed by atoms with Crippen LogP contribution in [-0.2, 0) is 7.05 Å². The molecule has 0 saturated carbocycles. The number of nitro groups is 1. The van der Waals surface area contributed by atoms with E-state index in [4.69, 9.17) is 11.6 Å². The molecule has 0 amide bonds. The van der Waals surface area contributed by atoms with E-state index >= 15 is 0 Å².